The van der Waals surface area contributed by atoms with Crippen LogP contribution in [0.5, 0.6) is 0 Å². The average Bonchev–Trinajstić information content (AvgIpc) is 2.50. The fraction of sp³-hybridized carbons (Fsp3) is 0.0833. The molecule has 0 aliphatic rings. The van der Waals surface area contributed by atoms with Gasteiger partial charge in [-0.05, 0) is 23.8 Å². The summed E-state index contributed by atoms with van der Waals surface area (Å²) in [4.78, 5) is 14.6. The molecule has 1 N–H and O–H groups in total. The molecule has 2 rings (SSSR count). The molecule has 0 spiro atoms. The fourth-order valence-electron chi connectivity index (χ4n) is 1.42. The van der Waals surface area contributed by atoms with Gasteiger partial charge in [-0.3, -0.25) is 9.36 Å². The van der Waals surface area contributed by atoms with Crippen LogP contribution in [0.15, 0.2) is 29.1 Å². The molecule has 1 aromatic carbocycles. The molecular weight excluding hydrogens is 224 g/mol. The zero-order valence-electron chi connectivity index (χ0n) is 8.83. The summed E-state index contributed by atoms with van der Waals surface area (Å²) in [6.45, 7) is 3.72. The number of hydrogen-bond donors (Lipinski definition) is 1. The number of benzene rings is 1. The molecule has 0 aliphatic carbocycles. The second-order valence-corrected chi connectivity index (χ2v) is 3.98. The number of nitrogens with zero attached hydrogens (tertiary/aromatic N) is 1. The molecule has 0 aliphatic heterocycles. The van der Waals surface area contributed by atoms with Gasteiger partial charge in [-0.2, -0.15) is 0 Å². The van der Waals surface area contributed by atoms with Crippen molar-refractivity contribution in [1.29, 1.82) is 0 Å². The van der Waals surface area contributed by atoms with Crippen LogP contribution in [-0.2, 0) is 7.05 Å². The highest BCUT2D eigenvalue weighted by Gasteiger charge is 1.96. The molecule has 0 saturated heterocycles. The van der Waals surface area contributed by atoms with E-state index in [9.17, 15) is 4.79 Å². The van der Waals surface area contributed by atoms with Crippen molar-refractivity contribution >= 4 is 24.3 Å². The summed E-state index contributed by atoms with van der Waals surface area (Å²) in [6, 6.07) is 7.27. The van der Waals surface area contributed by atoms with Gasteiger partial charge in [0.25, 0.3) is 5.56 Å². The lowest BCUT2D eigenvalue weighted by Crippen LogP contribution is -2.28. The van der Waals surface area contributed by atoms with Crippen LogP contribution in [0.1, 0.15) is 5.56 Å². The Hall–Kier alpha value is -1.74. The van der Waals surface area contributed by atoms with E-state index >= 15 is 0 Å². The predicted octanol–water partition coefficient (Wildman–Crippen LogP) is 0.606. The molecule has 16 heavy (non-hydrogen) atoms. The van der Waals surface area contributed by atoms with Crippen LogP contribution in [-0.4, -0.2) is 9.55 Å². The molecule has 0 bridgehead atoms. The van der Waals surface area contributed by atoms with Crippen LogP contribution in [0, 0.1) is 0 Å². The molecule has 0 saturated carbocycles. The first-order chi connectivity index (χ1) is 7.58. The third kappa shape index (κ3) is 1.95. The average molecular weight is 235 g/mol. The van der Waals surface area contributed by atoms with Crippen molar-refractivity contribution in [2.24, 2.45) is 7.05 Å². The lowest BCUT2D eigenvalue weighted by Gasteiger charge is -1.91. The van der Waals surface area contributed by atoms with Gasteiger partial charge in [0.05, 0.1) is 0 Å². The van der Waals surface area contributed by atoms with Crippen molar-refractivity contribution < 1.29 is 0 Å². The molecule has 4 heteroatoms. The van der Waals surface area contributed by atoms with E-state index in [0.29, 0.717) is 15.9 Å². The largest absolute Gasteiger partial charge is 0.338 e. The summed E-state index contributed by atoms with van der Waals surface area (Å²) in [6.07, 6.45) is 1.77. The number of halogens is 1. The van der Waals surface area contributed by atoms with E-state index < -0.39 is 0 Å². The molecule has 0 fully saturated rings. The highest BCUT2D eigenvalue weighted by atomic mass is 35.5. The van der Waals surface area contributed by atoms with Gasteiger partial charge in [0.1, 0.15) is 10.8 Å². The lowest BCUT2D eigenvalue weighted by atomic mass is 10.2. The highest BCUT2D eigenvalue weighted by Crippen LogP contribution is 2.09. The van der Waals surface area contributed by atoms with E-state index in [1.165, 1.54) is 4.57 Å². The third-order valence-electron chi connectivity index (χ3n) is 2.40. The predicted molar refractivity (Wildman–Crippen MR) is 65.8 cm³/mol. The van der Waals surface area contributed by atoms with Crippen LogP contribution in [0.4, 0.5) is 0 Å². The van der Waals surface area contributed by atoms with Crippen LogP contribution >= 0.6 is 11.6 Å². The van der Waals surface area contributed by atoms with Gasteiger partial charge >= 0.3 is 0 Å². The maximum absolute atomic E-state index is 11.7. The monoisotopic (exact) mass is 234 g/mol. The van der Waals surface area contributed by atoms with Gasteiger partial charge in [-0.1, -0.05) is 30.3 Å². The van der Waals surface area contributed by atoms with E-state index in [1.54, 1.807) is 25.3 Å². The standard InChI is InChI=1S/C12H11ClN2O/c1-8-14-11(12(16)15(8)2)7-9-3-5-10(13)6-4-9/h3-7,14H,1H2,2H3. The first-order valence-corrected chi connectivity index (χ1v) is 5.17. The molecule has 2 aromatic rings. The van der Waals surface area contributed by atoms with Gasteiger partial charge in [-0.25, -0.2) is 0 Å². The number of H-pyrrole nitrogens is 1. The normalized spacial score (nSPS) is 12.0. The molecule has 0 atom stereocenters. The van der Waals surface area contributed by atoms with E-state index in [-0.39, 0.29) is 5.56 Å². The Morgan fingerprint density at radius 2 is 2.00 bits per heavy atom. The Kier molecular flexibility index (Phi) is 2.71. The minimum atomic E-state index is -0.0834. The van der Waals surface area contributed by atoms with Gasteiger partial charge in [0.15, 0.2) is 0 Å². The smallest absolute Gasteiger partial charge is 0.275 e. The van der Waals surface area contributed by atoms with Crippen LogP contribution in [0.2, 0.25) is 5.02 Å². The summed E-state index contributed by atoms with van der Waals surface area (Å²) < 4.78 is 1.47. The molecule has 1 aromatic heterocycles. The molecule has 0 amide bonds. The Bertz CT molecular complexity index is 665. The summed E-state index contributed by atoms with van der Waals surface area (Å²) in [5.74, 6) is 0. The molecule has 0 radical (unpaired) electrons. The highest BCUT2D eigenvalue weighted by molar-refractivity contribution is 6.30. The van der Waals surface area contributed by atoms with Crippen molar-refractivity contribution in [2.75, 3.05) is 0 Å². The second kappa shape index (κ2) is 4.02. The Balaban J connectivity index is 2.60. The number of rotatable bonds is 1. The third-order valence-corrected chi connectivity index (χ3v) is 2.65. The van der Waals surface area contributed by atoms with Crippen molar-refractivity contribution in [3.63, 3.8) is 0 Å². The van der Waals surface area contributed by atoms with E-state index in [1.807, 2.05) is 12.1 Å². The topological polar surface area (TPSA) is 37.8 Å². The van der Waals surface area contributed by atoms with Crippen LogP contribution < -0.4 is 16.4 Å². The summed E-state index contributed by atoms with van der Waals surface area (Å²) >= 11 is 5.78. The van der Waals surface area contributed by atoms with Crippen LogP contribution in [0.25, 0.3) is 12.7 Å². The van der Waals surface area contributed by atoms with E-state index in [0.717, 1.165) is 5.56 Å². The van der Waals surface area contributed by atoms with E-state index in [2.05, 4.69) is 11.6 Å². The van der Waals surface area contributed by atoms with Crippen LogP contribution in [0.3, 0.4) is 0 Å². The minimum Gasteiger partial charge on any atom is -0.338 e. The maximum atomic E-state index is 11.7. The second-order valence-electron chi connectivity index (χ2n) is 3.55. The number of aromatic amines is 1. The van der Waals surface area contributed by atoms with Crippen molar-refractivity contribution in [3.05, 3.63) is 56.0 Å². The minimum absolute atomic E-state index is 0.0834. The SMILES string of the molecule is C=c1[nH]c(=Cc2ccc(Cl)cc2)c(=O)n1C. The van der Waals surface area contributed by atoms with Crippen molar-refractivity contribution in [3.8, 4) is 0 Å². The molecule has 3 nitrogen and oxygen atoms in total. The van der Waals surface area contributed by atoms with Gasteiger partial charge in [0, 0.05) is 12.1 Å². The Morgan fingerprint density at radius 1 is 1.38 bits per heavy atom. The van der Waals surface area contributed by atoms with Crippen molar-refractivity contribution in [1.82, 2.24) is 9.55 Å². The van der Waals surface area contributed by atoms with Gasteiger partial charge in [-0.15, -0.1) is 0 Å². The number of aromatic nitrogens is 2. The van der Waals surface area contributed by atoms with Crippen molar-refractivity contribution in [2.45, 2.75) is 0 Å². The maximum Gasteiger partial charge on any atom is 0.275 e. The number of nitrogens with one attached hydrogen (secondary N) is 1. The zero-order valence-corrected chi connectivity index (χ0v) is 9.58. The molecule has 0 unspecified atom stereocenters. The quantitative estimate of drug-likeness (QED) is 0.771. The Labute approximate surface area is 97.3 Å². The first-order valence-electron chi connectivity index (χ1n) is 4.79. The molecular formula is C12H11ClN2O. The number of hydrogen-bond acceptors (Lipinski definition) is 1. The van der Waals surface area contributed by atoms with Gasteiger partial charge < -0.3 is 4.98 Å². The fourth-order valence-corrected chi connectivity index (χ4v) is 1.55. The van der Waals surface area contributed by atoms with E-state index in [4.69, 9.17) is 11.6 Å². The first kappa shape index (κ1) is 10.8. The van der Waals surface area contributed by atoms with Gasteiger partial charge in [0.2, 0.25) is 0 Å². The summed E-state index contributed by atoms with van der Waals surface area (Å²) in [5.41, 5.74) is 1.42. The Morgan fingerprint density at radius 3 is 2.50 bits per heavy atom. The zero-order chi connectivity index (χ0) is 11.7. The summed E-state index contributed by atoms with van der Waals surface area (Å²) in [7, 11) is 1.68. The summed E-state index contributed by atoms with van der Waals surface area (Å²) in [5, 5.41) is 1.20. The number of imidazole rings is 1. The molecule has 1 heterocycles. The lowest BCUT2D eigenvalue weighted by molar-refractivity contribution is 0.840. The molecule has 82 valence electrons.